The minimum atomic E-state index is -3.56. The molecule has 0 amide bonds. The lowest BCUT2D eigenvalue weighted by Crippen LogP contribution is -2.29. The Labute approximate surface area is 549 Å². The van der Waals surface area contributed by atoms with Gasteiger partial charge in [-0.25, -0.2) is 18.4 Å². The van der Waals surface area contributed by atoms with Gasteiger partial charge < -0.3 is 25.9 Å². The largest absolute Gasteiger partial charge is 0.488 e. The van der Waals surface area contributed by atoms with Crippen molar-refractivity contribution in [3.63, 3.8) is 0 Å². The molecule has 0 radical (unpaired) electrons. The number of hydrogen-bond donors (Lipinski definition) is 6. The predicted molar refractivity (Wildman–Crippen MR) is 381 cm³/mol. The van der Waals surface area contributed by atoms with E-state index in [4.69, 9.17) is 26.0 Å². The summed E-state index contributed by atoms with van der Waals surface area (Å²) in [6.07, 6.45) is 15.8. The average molecular weight is 1270 g/mol. The van der Waals surface area contributed by atoms with Gasteiger partial charge in [0.05, 0.1) is 10.5 Å². The number of aromatic amines is 1. The molecule has 0 saturated carbocycles. The number of fused-ring (bicyclic) bond motifs is 1. The van der Waals surface area contributed by atoms with Crippen LogP contribution in [0.2, 0.25) is 0 Å². The Kier molecular flexibility index (Phi) is 34.8. The molecule has 0 atom stereocenters. The van der Waals surface area contributed by atoms with Crippen LogP contribution in [0.1, 0.15) is 231 Å². The molecule has 0 bridgehead atoms. The van der Waals surface area contributed by atoms with Crippen LogP contribution in [0.4, 0.5) is 0 Å². The van der Waals surface area contributed by atoms with Crippen molar-refractivity contribution in [2.75, 3.05) is 0 Å². The number of allylic oxidation sites excluding steroid dienone is 8. The van der Waals surface area contributed by atoms with Gasteiger partial charge in [0.15, 0.2) is 17.3 Å². The zero-order valence-electron chi connectivity index (χ0n) is 57.2. The minimum absolute atomic E-state index is 0.0220. The summed E-state index contributed by atoms with van der Waals surface area (Å²) in [4.78, 5) is 57.3. The number of ketones is 3. The zero-order chi connectivity index (χ0) is 69.6. The molecule has 92 heavy (non-hydrogen) atoms. The van der Waals surface area contributed by atoms with Crippen molar-refractivity contribution < 1.29 is 42.8 Å². The first-order valence-corrected chi connectivity index (χ1v) is 33.2. The molecular weight excluding hydrogens is 1170 g/mol. The van der Waals surface area contributed by atoms with Crippen LogP contribution in [0.5, 0.6) is 0 Å². The Balaban J connectivity index is 0.000000359. The third-order valence-electron chi connectivity index (χ3n) is 15.0. The topological polar surface area (TPSA) is 248 Å². The first-order chi connectivity index (χ1) is 43.0. The van der Waals surface area contributed by atoms with Gasteiger partial charge in [0.2, 0.25) is 15.6 Å². The third-order valence-corrected chi connectivity index (χ3v) is 15.9. The molecule has 1 heterocycles. The number of sulfonamides is 1. The third kappa shape index (κ3) is 29.5. The number of nitrogens with one attached hydrogen (secondary N) is 1. The summed E-state index contributed by atoms with van der Waals surface area (Å²) in [5.41, 5.74) is 19.4. The Morgan fingerprint density at radius 3 is 1.47 bits per heavy atom. The van der Waals surface area contributed by atoms with Crippen molar-refractivity contribution in [2.45, 2.75) is 177 Å². The second-order valence-corrected chi connectivity index (χ2v) is 26.8. The predicted octanol–water partition coefficient (Wildman–Crippen LogP) is 15.8. The number of aryl methyl sites for hydroxylation is 1. The number of aromatic carboxylic acids is 1. The maximum Gasteiger partial charge on any atom is 0.488 e. The summed E-state index contributed by atoms with van der Waals surface area (Å²) < 4.78 is 22.0. The van der Waals surface area contributed by atoms with E-state index in [1.165, 1.54) is 28.3 Å². The van der Waals surface area contributed by atoms with Crippen LogP contribution in [0.15, 0.2) is 197 Å². The number of rotatable bonds is 12. The van der Waals surface area contributed by atoms with E-state index in [9.17, 15) is 32.4 Å². The molecule has 3 aliphatic carbocycles. The highest BCUT2D eigenvalue weighted by atomic mass is 32.2. The molecular formula is C77H102BN3O10S. The van der Waals surface area contributed by atoms with Crippen LogP contribution < -0.4 is 21.9 Å². The van der Waals surface area contributed by atoms with Gasteiger partial charge in [-0.2, -0.15) is 0 Å². The molecule has 13 nitrogen and oxygen atoms in total. The number of carboxylic acids is 1. The molecule has 0 aliphatic heterocycles. The lowest BCUT2D eigenvalue weighted by Gasteiger charge is -2.10. The van der Waals surface area contributed by atoms with Gasteiger partial charge in [0.1, 0.15) is 0 Å². The highest BCUT2D eigenvalue weighted by Crippen LogP contribution is 2.26. The second kappa shape index (κ2) is 40.0. The van der Waals surface area contributed by atoms with Crippen molar-refractivity contribution in [1.29, 1.82) is 0 Å². The molecule has 15 heteroatoms. The molecule has 0 unspecified atom stereocenters. The van der Waals surface area contributed by atoms with E-state index in [-0.39, 0.29) is 22.0 Å². The molecule has 1 aromatic heterocycles. The fourth-order valence-electron chi connectivity index (χ4n) is 8.94. The van der Waals surface area contributed by atoms with Gasteiger partial charge in [0.25, 0.3) is 0 Å². The lowest BCUT2D eigenvalue weighted by molar-refractivity contribution is -0.115. The van der Waals surface area contributed by atoms with E-state index in [1.807, 2.05) is 120 Å². The number of hydrogen-bond acceptors (Lipinski definition) is 10. The van der Waals surface area contributed by atoms with Crippen molar-refractivity contribution >= 4 is 51.6 Å². The molecule has 6 aromatic rings. The van der Waals surface area contributed by atoms with Gasteiger partial charge in [-0.3, -0.25) is 19.2 Å². The molecule has 8 N–H and O–H groups in total. The van der Waals surface area contributed by atoms with E-state index in [2.05, 4.69) is 111 Å². The number of Topliss-reactive ketones (excluding diaryl/α,β-unsaturated/α-hetero) is 2. The first-order valence-electron chi connectivity index (χ1n) is 31.7. The standard InChI is InChI=1S/C12H14O.C11H15N.C10H12O2.C9H13BO2.C9H13NO2S.2C9H12O.C8H11NO/c1-8(2)10-4-3-9-5-6-12(13)11(9)7-10;1-8(2)10-5-4-6-11(7-10)9(3)12;2*1-7(2)8-4-3-5-9(6-8)10(11)12;1-7(2)8-4-3-5-9(6-8)13(10,11)12;1-7(2)8-3-5-9(10)6-4-8;1-7(2)8-5-3-4-6-9(8)10;1-6(2)7-3-4-9-8(10)5-7/h3-4,7-8H,5-6H2,1-2H3;4-8H,3,12H2,1-2H3;3-7H,1-2H3,(H,11,12);3-7,11-12H,1-2H3;3-7H,1-2H3,(H2,10,11,12);2*3-5,7H,6H2,1-2H3;3-6H,1-2H3,(H,9,10). The number of H-pyrrole nitrogens is 1. The molecule has 494 valence electrons. The van der Waals surface area contributed by atoms with Gasteiger partial charge in [0, 0.05) is 42.8 Å². The number of primary sulfonamides is 1. The van der Waals surface area contributed by atoms with Crippen molar-refractivity contribution in [3.8, 4) is 0 Å². The van der Waals surface area contributed by atoms with Crippen molar-refractivity contribution in [3.05, 3.63) is 254 Å². The minimum Gasteiger partial charge on any atom is -0.478 e. The molecule has 5 aromatic carbocycles. The van der Waals surface area contributed by atoms with Gasteiger partial charge in [-0.15, -0.1) is 0 Å². The Morgan fingerprint density at radius 1 is 0.543 bits per heavy atom. The average Bonchev–Trinajstić information content (AvgIpc) is 1.68. The molecule has 0 spiro atoms. The van der Waals surface area contributed by atoms with E-state index < -0.39 is 23.1 Å². The van der Waals surface area contributed by atoms with Crippen LogP contribution in [-0.4, -0.2) is 59.0 Å². The zero-order valence-corrected chi connectivity index (χ0v) is 58.0. The van der Waals surface area contributed by atoms with Gasteiger partial charge in [-0.1, -0.05) is 227 Å². The number of carboxylic acid groups (broad SMARTS) is 1. The van der Waals surface area contributed by atoms with E-state index in [0.717, 1.165) is 45.4 Å². The number of pyridine rings is 1. The SMILES string of the molecule is C=C(N)c1cccc(C(C)C)c1.CC(C)C1=CC=CCC1=O.CC(C)C1=CCC(=O)C=C1.CC(C)c1cc[nH]c(=O)c1.CC(C)c1ccc2c(c1)C(=O)CC2.CC(C)c1cccc(B(O)O)c1.CC(C)c1cccc(C(=O)O)c1.CC(C)c1cccc(S(N)(=O)=O)c1. The molecule has 3 aliphatic rings. The fourth-order valence-corrected chi connectivity index (χ4v) is 9.50. The highest BCUT2D eigenvalue weighted by molar-refractivity contribution is 7.89. The maximum atomic E-state index is 11.4. The van der Waals surface area contributed by atoms with E-state index in [1.54, 1.807) is 54.7 Å². The van der Waals surface area contributed by atoms with Gasteiger partial charge >= 0.3 is 13.1 Å². The van der Waals surface area contributed by atoms with Crippen LogP contribution in [0.3, 0.4) is 0 Å². The summed E-state index contributed by atoms with van der Waals surface area (Å²) in [5, 5.41) is 31.5. The van der Waals surface area contributed by atoms with Crippen LogP contribution in [0, 0.1) is 11.8 Å². The van der Waals surface area contributed by atoms with E-state index in [0.29, 0.717) is 89.1 Å². The monoisotopic (exact) mass is 1270 g/mol. The van der Waals surface area contributed by atoms with Crippen molar-refractivity contribution in [1.82, 2.24) is 4.98 Å². The quantitative estimate of drug-likeness (QED) is 0.0629. The smallest absolute Gasteiger partial charge is 0.478 e. The summed E-state index contributed by atoms with van der Waals surface area (Å²) in [6.45, 7) is 37.1. The number of nitrogens with two attached hydrogens (primary N) is 2. The van der Waals surface area contributed by atoms with E-state index >= 15 is 0 Å². The van der Waals surface area contributed by atoms with Crippen molar-refractivity contribution in [2.24, 2.45) is 22.7 Å². The fraction of sp³-hybridized carbons (Fsp3) is 0.364. The van der Waals surface area contributed by atoms with Crippen LogP contribution in [0.25, 0.3) is 5.70 Å². The lowest BCUT2D eigenvalue weighted by atomic mass is 9.79. The highest BCUT2D eigenvalue weighted by Gasteiger charge is 2.20. The molecule has 0 fully saturated rings. The van der Waals surface area contributed by atoms with Crippen LogP contribution in [-0.2, 0) is 26.0 Å². The number of carbonyl (C=O) groups is 4. The Hall–Kier alpha value is -8.08. The summed E-state index contributed by atoms with van der Waals surface area (Å²) in [6, 6.07) is 39.1. The second-order valence-electron chi connectivity index (χ2n) is 25.2. The Bertz CT molecular complexity index is 3590. The summed E-state index contributed by atoms with van der Waals surface area (Å²) in [5.74, 6) is 3.46. The molecule has 9 rings (SSSR count). The molecule has 0 saturated heterocycles. The maximum absolute atomic E-state index is 11.4. The Morgan fingerprint density at radius 2 is 1.03 bits per heavy atom. The summed E-state index contributed by atoms with van der Waals surface area (Å²) in [7, 11) is -4.92. The van der Waals surface area contributed by atoms with Gasteiger partial charge in [-0.05, 0) is 163 Å². The first kappa shape index (κ1) is 80.0. The number of aromatic nitrogens is 1. The normalized spacial score (nSPS) is 12.9. The number of benzene rings is 5. The summed E-state index contributed by atoms with van der Waals surface area (Å²) >= 11 is 0. The van der Waals surface area contributed by atoms with Crippen LogP contribution >= 0.6 is 0 Å². The number of carbonyl (C=O) groups excluding carboxylic acids is 3.